The molecule has 0 fully saturated rings. The molecule has 0 aliphatic carbocycles. The van der Waals surface area contributed by atoms with Gasteiger partial charge in [0.25, 0.3) is 0 Å². The minimum Gasteiger partial charge on any atom is -0.486 e. The lowest BCUT2D eigenvalue weighted by Gasteiger charge is -2.08. The fraction of sp³-hybridized carbons (Fsp3) is 0.200. The summed E-state index contributed by atoms with van der Waals surface area (Å²) in [7, 11) is 0. The van der Waals surface area contributed by atoms with E-state index in [2.05, 4.69) is 0 Å². The molecule has 3 N–H and O–H groups in total. The Hall–Kier alpha value is -1.91. The molecule has 2 rings (SSSR count). The summed E-state index contributed by atoms with van der Waals surface area (Å²) in [6.45, 7) is 0.598. The second kappa shape index (κ2) is 6.31. The van der Waals surface area contributed by atoms with Gasteiger partial charge in [0, 0.05) is 6.54 Å². The first-order valence-electron chi connectivity index (χ1n) is 6.03. The Kier molecular flexibility index (Phi) is 4.49. The van der Waals surface area contributed by atoms with E-state index in [4.69, 9.17) is 15.6 Å². The number of rotatable bonds is 5. The van der Waals surface area contributed by atoms with Crippen LogP contribution >= 0.6 is 0 Å². The molecule has 4 heteroatoms. The number of ether oxygens (including phenoxy) is 1. The summed E-state index contributed by atoms with van der Waals surface area (Å²) in [5.74, 6) is -0.196. The van der Waals surface area contributed by atoms with E-state index in [1.807, 2.05) is 24.3 Å². The van der Waals surface area contributed by atoms with Crippen LogP contribution in [0.25, 0.3) is 0 Å². The van der Waals surface area contributed by atoms with Crippen LogP contribution < -0.4 is 10.5 Å². The van der Waals surface area contributed by atoms with Crippen LogP contribution in [0.15, 0.2) is 42.5 Å². The van der Waals surface area contributed by atoms with Crippen LogP contribution in [0.1, 0.15) is 16.7 Å². The Balaban J connectivity index is 2.01. The lowest BCUT2D eigenvalue weighted by Crippen LogP contribution is -2.00. The molecule has 0 amide bonds. The lowest BCUT2D eigenvalue weighted by atomic mass is 10.1. The average molecular weight is 261 g/mol. The van der Waals surface area contributed by atoms with Gasteiger partial charge in [-0.3, -0.25) is 0 Å². The molecule has 0 radical (unpaired) electrons. The van der Waals surface area contributed by atoms with Crippen molar-refractivity contribution in [1.29, 1.82) is 0 Å². The zero-order valence-electron chi connectivity index (χ0n) is 10.5. The molecule has 0 aliphatic rings. The van der Waals surface area contributed by atoms with Gasteiger partial charge in [0.2, 0.25) is 0 Å². The second-order valence-electron chi connectivity index (χ2n) is 4.23. The van der Waals surface area contributed by atoms with Crippen molar-refractivity contribution in [3.8, 4) is 5.75 Å². The number of benzene rings is 2. The number of halogens is 1. The quantitative estimate of drug-likeness (QED) is 0.868. The van der Waals surface area contributed by atoms with E-state index in [1.54, 1.807) is 12.1 Å². The van der Waals surface area contributed by atoms with Gasteiger partial charge in [0.15, 0.2) is 11.6 Å². The van der Waals surface area contributed by atoms with Gasteiger partial charge in [-0.05, 0) is 28.8 Å². The third-order valence-electron chi connectivity index (χ3n) is 2.83. The molecular formula is C15H16FNO2. The summed E-state index contributed by atoms with van der Waals surface area (Å²) in [4.78, 5) is 0. The normalized spacial score (nSPS) is 10.5. The number of nitrogens with two attached hydrogens (primary N) is 1. The van der Waals surface area contributed by atoms with Crippen LogP contribution in [0.5, 0.6) is 5.75 Å². The summed E-state index contributed by atoms with van der Waals surface area (Å²) in [5, 5.41) is 8.93. The van der Waals surface area contributed by atoms with Crippen LogP contribution in [0.2, 0.25) is 0 Å². The van der Waals surface area contributed by atoms with E-state index in [0.717, 1.165) is 16.7 Å². The van der Waals surface area contributed by atoms with E-state index in [1.165, 1.54) is 6.07 Å². The molecule has 2 aromatic rings. The van der Waals surface area contributed by atoms with Gasteiger partial charge >= 0.3 is 0 Å². The van der Waals surface area contributed by atoms with Crippen molar-refractivity contribution in [3.05, 3.63) is 65.0 Å². The fourth-order valence-electron chi connectivity index (χ4n) is 1.69. The number of aliphatic hydroxyl groups excluding tert-OH is 1. The maximum atomic E-state index is 13.6. The predicted molar refractivity (Wildman–Crippen MR) is 71.0 cm³/mol. The summed E-state index contributed by atoms with van der Waals surface area (Å²) < 4.78 is 19.1. The highest BCUT2D eigenvalue weighted by atomic mass is 19.1. The number of hydrogen-bond donors (Lipinski definition) is 2. The molecule has 3 nitrogen and oxygen atoms in total. The van der Waals surface area contributed by atoms with E-state index in [9.17, 15) is 4.39 Å². The first kappa shape index (κ1) is 13.5. The van der Waals surface area contributed by atoms with Crippen molar-refractivity contribution < 1.29 is 14.2 Å². The summed E-state index contributed by atoms with van der Waals surface area (Å²) in [5.41, 5.74) is 7.92. The monoisotopic (exact) mass is 261 g/mol. The second-order valence-corrected chi connectivity index (χ2v) is 4.23. The van der Waals surface area contributed by atoms with Gasteiger partial charge < -0.3 is 15.6 Å². The maximum Gasteiger partial charge on any atom is 0.165 e. The molecule has 0 bridgehead atoms. The molecule has 0 unspecified atom stereocenters. The zero-order chi connectivity index (χ0) is 13.7. The molecule has 19 heavy (non-hydrogen) atoms. The first-order valence-corrected chi connectivity index (χ1v) is 6.03. The number of hydrogen-bond acceptors (Lipinski definition) is 3. The summed E-state index contributed by atoms with van der Waals surface area (Å²) >= 11 is 0. The Morgan fingerprint density at radius 3 is 2.21 bits per heavy atom. The topological polar surface area (TPSA) is 55.5 Å². The van der Waals surface area contributed by atoms with E-state index < -0.39 is 5.82 Å². The van der Waals surface area contributed by atoms with Gasteiger partial charge in [-0.2, -0.15) is 0 Å². The highest BCUT2D eigenvalue weighted by molar-refractivity contribution is 5.30. The highest BCUT2D eigenvalue weighted by Crippen LogP contribution is 2.19. The molecular weight excluding hydrogens is 245 g/mol. The third kappa shape index (κ3) is 3.53. The molecule has 0 spiro atoms. The van der Waals surface area contributed by atoms with Crippen molar-refractivity contribution in [2.75, 3.05) is 0 Å². The van der Waals surface area contributed by atoms with E-state index in [-0.39, 0.29) is 19.0 Å². The van der Waals surface area contributed by atoms with Crippen molar-refractivity contribution in [2.24, 2.45) is 5.73 Å². The van der Waals surface area contributed by atoms with Gasteiger partial charge in [-0.1, -0.05) is 30.3 Å². The minimum absolute atomic E-state index is 0.0102. The summed E-state index contributed by atoms with van der Waals surface area (Å²) in [6, 6.07) is 12.0. The minimum atomic E-state index is -0.407. The molecule has 0 saturated heterocycles. The molecule has 0 saturated carbocycles. The van der Waals surface area contributed by atoms with Crippen molar-refractivity contribution in [1.82, 2.24) is 0 Å². The third-order valence-corrected chi connectivity index (χ3v) is 2.83. The largest absolute Gasteiger partial charge is 0.486 e. The van der Waals surface area contributed by atoms with Crippen LogP contribution in [0, 0.1) is 5.82 Å². The van der Waals surface area contributed by atoms with Gasteiger partial charge in [0.1, 0.15) is 6.61 Å². The van der Waals surface area contributed by atoms with Crippen molar-refractivity contribution >= 4 is 0 Å². The van der Waals surface area contributed by atoms with E-state index >= 15 is 0 Å². The standard InChI is InChI=1S/C15H16FNO2/c16-14-7-13(8-17)5-6-15(14)19-10-12-3-1-11(9-18)2-4-12/h1-7,18H,8-10,17H2. The van der Waals surface area contributed by atoms with Crippen molar-refractivity contribution in [3.63, 3.8) is 0 Å². The lowest BCUT2D eigenvalue weighted by molar-refractivity contribution is 0.280. The zero-order valence-corrected chi connectivity index (χ0v) is 10.5. The van der Waals surface area contributed by atoms with Crippen LogP contribution in [-0.4, -0.2) is 5.11 Å². The summed E-state index contributed by atoms with van der Waals surface area (Å²) in [6.07, 6.45) is 0. The van der Waals surface area contributed by atoms with Crippen LogP contribution in [0.3, 0.4) is 0 Å². The van der Waals surface area contributed by atoms with Gasteiger partial charge in [-0.15, -0.1) is 0 Å². The smallest absolute Gasteiger partial charge is 0.165 e. The predicted octanol–water partition coefficient (Wildman–Crippen LogP) is 2.36. The Labute approximate surface area is 111 Å². The fourth-order valence-corrected chi connectivity index (χ4v) is 1.69. The van der Waals surface area contributed by atoms with E-state index in [0.29, 0.717) is 6.54 Å². The van der Waals surface area contributed by atoms with Gasteiger partial charge in [0.05, 0.1) is 6.61 Å². The molecule has 2 aromatic carbocycles. The van der Waals surface area contributed by atoms with Crippen LogP contribution in [-0.2, 0) is 19.8 Å². The average Bonchev–Trinajstić information content (AvgIpc) is 2.46. The molecule has 0 heterocycles. The number of aliphatic hydroxyl groups is 1. The maximum absolute atomic E-state index is 13.6. The molecule has 0 aliphatic heterocycles. The Bertz CT molecular complexity index is 540. The van der Waals surface area contributed by atoms with Crippen LogP contribution in [0.4, 0.5) is 4.39 Å². The molecule has 100 valence electrons. The molecule has 0 aromatic heterocycles. The first-order chi connectivity index (χ1) is 9.22. The van der Waals surface area contributed by atoms with Gasteiger partial charge in [-0.25, -0.2) is 4.39 Å². The SMILES string of the molecule is NCc1ccc(OCc2ccc(CO)cc2)c(F)c1. The highest BCUT2D eigenvalue weighted by Gasteiger charge is 2.04. The Morgan fingerprint density at radius 1 is 1.00 bits per heavy atom. The molecule has 0 atom stereocenters. The Morgan fingerprint density at radius 2 is 1.63 bits per heavy atom. The van der Waals surface area contributed by atoms with Crippen molar-refractivity contribution in [2.45, 2.75) is 19.8 Å².